The second-order valence-corrected chi connectivity index (χ2v) is 6.11. The predicted molar refractivity (Wildman–Crippen MR) is 88.5 cm³/mol. The van der Waals surface area contributed by atoms with E-state index in [1.165, 1.54) is 17.2 Å². The molecule has 112 valence electrons. The fourth-order valence-corrected chi connectivity index (χ4v) is 2.99. The first-order chi connectivity index (χ1) is 10.0. The van der Waals surface area contributed by atoms with E-state index in [2.05, 4.69) is 39.9 Å². The highest BCUT2D eigenvalue weighted by Crippen LogP contribution is 2.28. The number of nitrogens with zero attached hydrogens (tertiary/aromatic N) is 1. The van der Waals surface area contributed by atoms with Gasteiger partial charge in [0.15, 0.2) is 0 Å². The largest absolute Gasteiger partial charge is 0.329 e. The minimum atomic E-state index is -0.240. The monoisotopic (exact) mass is 350 g/mol. The lowest BCUT2D eigenvalue weighted by Gasteiger charge is -2.28. The highest BCUT2D eigenvalue weighted by atomic mass is 79.9. The van der Waals surface area contributed by atoms with Crippen molar-refractivity contribution in [2.45, 2.75) is 19.5 Å². The van der Waals surface area contributed by atoms with Crippen molar-refractivity contribution >= 4 is 15.9 Å². The van der Waals surface area contributed by atoms with Crippen LogP contribution >= 0.6 is 15.9 Å². The molecule has 1 unspecified atom stereocenters. The molecule has 2 nitrogen and oxygen atoms in total. The standard InChI is InChI=1S/C17H20BrFN2/c1-12-5-3-4-6-13(12)11-21(2)17(10-20)15-9-14(19)7-8-16(15)18/h3-9,17H,10-11,20H2,1-2H3. The molecule has 0 radical (unpaired) electrons. The van der Waals surface area contributed by atoms with Gasteiger partial charge in [-0.3, -0.25) is 4.90 Å². The van der Waals surface area contributed by atoms with Gasteiger partial charge in [-0.2, -0.15) is 0 Å². The van der Waals surface area contributed by atoms with E-state index in [1.807, 2.05) is 19.2 Å². The number of rotatable bonds is 5. The first-order valence-electron chi connectivity index (χ1n) is 6.92. The normalized spacial score (nSPS) is 12.7. The van der Waals surface area contributed by atoms with Gasteiger partial charge in [0.2, 0.25) is 0 Å². The lowest BCUT2D eigenvalue weighted by molar-refractivity contribution is 0.240. The topological polar surface area (TPSA) is 29.3 Å². The molecule has 0 saturated heterocycles. The lowest BCUT2D eigenvalue weighted by Crippen LogP contribution is -2.30. The number of hydrogen-bond donors (Lipinski definition) is 1. The Bertz CT molecular complexity index is 615. The van der Waals surface area contributed by atoms with Crippen LogP contribution in [0.2, 0.25) is 0 Å². The average molecular weight is 351 g/mol. The van der Waals surface area contributed by atoms with Gasteiger partial charge in [0.05, 0.1) is 0 Å². The van der Waals surface area contributed by atoms with Crippen molar-refractivity contribution in [2.24, 2.45) is 5.73 Å². The highest BCUT2D eigenvalue weighted by molar-refractivity contribution is 9.10. The highest BCUT2D eigenvalue weighted by Gasteiger charge is 2.19. The first-order valence-corrected chi connectivity index (χ1v) is 7.72. The molecule has 0 aliphatic carbocycles. The Kier molecular flexibility index (Phi) is 5.51. The molecule has 0 amide bonds. The van der Waals surface area contributed by atoms with Crippen LogP contribution < -0.4 is 5.73 Å². The van der Waals surface area contributed by atoms with E-state index in [-0.39, 0.29) is 11.9 Å². The number of hydrogen-bond acceptors (Lipinski definition) is 2. The quantitative estimate of drug-likeness (QED) is 0.881. The third kappa shape index (κ3) is 3.90. The molecule has 2 aromatic rings. The van der Waals surface area contributed by atoms with E-state index >= 15 is 0 Å². The summed E-state index contributed by atoms with van der Waals surface area (Å²) < 4.78 is 14.4. The Labute approximate surface area is 133 Å². The molecule has 2 aromatic carbocycles. The number of benzene rings is 2. The van der Waals surface area contributed by atoms with Crippen LogP contribution in [0.1, 0.15) is 22.7 Å². The van der Waals surface area contributed by atoms with Crippen LogP contribution in [-0.2, 0) is 6.54 Å². The molecule has 0 aliphatic rings. The van der Waals surface area contributed by atoms with Crippen molar-refractivity contribution in [3.8, 4) is 0 Å². The zero-order valence-corrected chi connectivity index (χ0v) is 13.9. The maximum Gasteiger partial charge on any atom is 0.123 e. The number of likely N-dealkylation sites (N-methyl/N-ethyl adjacent to an activating group) is 1. The summed E-state index contributed by atoms with van der Waals surface area (Å²) in [6.45, 7) is 3.31. The summed E-state index contributed by atoms with van der Waals surface area (Å²) in [6.07, 6.45) is 0. The Balaban J connectivity index is 2.25. The summed E-state index contributed by atoms with van der Waals surface area (Å²) >= 11 is 3.49. The zero-order valence-electron chi connectivity index (χ0n) is 12.3. The van der Waals surface area contributed by atoms with Gasteiger partial charge in [0.1, 0.15) is 5.82 Å². The van der Waals surface area contributed by atoms with Gasteiger partial charge in [0.25, 0.3) is 0 Å². The van der Waals surface area contributed by atoms with Crippen LogP contribution in [0, 0.1) is 12.7 Å². The van der Waals surface area contributed by atoms with E-state index in [0.29, 0.717) is 6.54 Å². The van der Waals surface area contributed by atoms with Crippen molar-refractivity contribution in [3.05, 3.63) is 69.4 Å². The van der Waals surface area contributed by atoms with Crippen LogP contribution in [0.3, 0.4) is 0 Å². The van der Waals surface area contributed by atoms with Gasteiger partial charge in [0, 0.05) is 23.6 Å². The van der Waals surface area contributed by atoms with Crippen LogP contribution in [0.15, 0.2) is 46.9 Å². The van der Waals surface area contributed by atoms with E-state index in [9.17, 15) is 4.39 Å². The van der Waals surface area contributed by atoms with E-state index < -0.39 is 0 Å². The fourth-order valence-electron chi connectivity index (χ4n) is 2.48. The fraction of sp³-hybridized carbons (Fsp3) is 0.294. The van der Waals surface area contributed by atoms with Crippen LogP contribution in [-0.4, -0.2) is 18.5 Å². The zero-order chi connectivity index (χ0) is 15.4. The van der Waals surface area contributed by atoms with E-state index in [0.717, 1.165) is 16.6 Å². The molecule has 0 aromatic heterocycles. The first kappa shape index (κ1) is 16.1. The third-order valence-corrected chi connectivity index (χ3v) is 4.48. The average Bonchev–Trinajstić information content (AvgIpc) is 2.46. The maximum absolute atomic E-state index is 13.5. The Morgan fingerprint density at radius 2 is 1.95 bits per heavy atom. The van der Waals surface area contributed by atoms with Crippen LogP contribution in [0.5, 0.6) is 0 Å². The lowest BCUT2D eigenvalue weighted by atomic mass is 10.0. The summed E-state index contributed by atoms with van der Waals surface area (Å²) in [5.41, 5.74) is 9.32. The number of aryl methyl sites for hydroxylation is 1. The van der Waals surface area contributed by atoms with Gasteiger partial charge in [-0.15, -0.1) is 0 Å². The molecule has 2 N–H and O–H groups in total. The van der Waals surface area contributed by atoms with Gasteiger partial charge in [-0.25, -0.2) is 4.39 Å². The summed E-state index contributed by atoms with van der Waals surface area (Å²) in [6, 6.07) is 13.0. The third-order valence-electron chi connectivity index (χ3n) is 3.75. The van der Waals surface area contributed by atoms with Crippen molar-refractivity contribution in [1.82, 2.24) is 4.90 Å². The second-order valence-electron chi connectivity index (χ2n) is 5.26. The minimum absolute atomic E-state index is 0.0327. The van der Waals surface area contributed by atoms with Crippen LogP contribution in [0.4, 0.5) is 4.39 Å². The summed E-state index contributed by atoms with van der Waals surface area (Å²) in [5.74, 6) is -0.240. The Morgan fingerprint density at radius 1 is 1.24 bits per heavy atom. The van der Waals surface area contributed by atoms with Crippen molar-refractivity contribution < 1.29 is 4.39 Å². The molecule has 0 heterocycles. The summed E-state index contributed by atoms with van der Waals surface area (Å²) in [7, 11) is 2.02. The minimum Gasteiger partial charge on any atom is -0.329 e. The van der Waals surface area contributed by atoms with E-state index in [1.54, 1.807) is 12.1 Å². The summed E-state index contributed by atoms with van der Waals surface area (Å²) in [5, 5.41) is 0. The Morgan fingerprint density at radius 3 is 2.62 bits per heavy atom. The Hall–Kier alpha value is -1.23. The SMILES string of the molecule is Cc1ccccc1CN(C)C(CN)c1cc(F)ccc1Br. The number of halogens is 2. The van der Waals surface area contributed by atoms with Gasteiger partial charge >= 0.3 is 0 Å². The molecule has 4 heteroatoms. The van der Waals surface area contributed by atoms with Gasteiger partial charge in [-0.1, -0.05) is 40.2 Å². The molecular weight excluding hydrogens is 331 g/mol. The molecule has 1 atom stereocenters. The van der Waals surface area contributed by atoms with Gasteiger partial charge < -0.3 is 5.73 Å². The molecule has 21 heavy (non-hydrogen) atoms. The number of nitrogens with two attached hydrogens (primary N) is 1. The van der Waals surface area contributed by atoms with E-state index in [4.69, 9.17) is 5.73 Å². The second kappa shape index (κ2) is 7.16. The van der Waals surface area contributed by atoms with Crippen LogP contribution in [0.25, 0.3) is 0 Å². The van der Waals surface area contributed by atoms with Crippen molar-refractivity contribution in [2.75, 3.05) is 13.6 Å². The van der Waals surface area contributed by atoms with Crippen molar-refractivity contribution in [1.29, 1.82) is 0 Å². The van der Waals surface area contributed by atoms with Gasteiger partial charge in [-0.05, 0) is 48.9 Å². The maximum atomic E-state index is 13.5. The summed E-state index contributed by atoms with van der Waals surface area (Å²) in [4.78, 5) is 2.15. The van der Waals surface area contributed by atoms with Crippen molar-refractivity contribution in [3.63, 3.8) is 0 Å². The molecule has 0 saturated carbocycles. The molecule has 0 spiro atoms. The molecule has 0 fully saturated rings. The molecular formula is C17H20BrFN2. The smallest absolute Gasteiger partial charge is 0.123 e. The molecule has 0 bridgehead atoms. The molecule has 2 rings (SSSR count). The molecule has 0 aliphatic heterocycles. The predicted octanol–water partition coefficient (Wildman–Crippen LogP) is 4.03.